The zero-order valence-corrected chi connectivity index (χ0v) is 23.5. The van der Waals surface area contributed by atoms with Crippen molar-refractivity contribution in [3.63, 3.8) is 0 Å². The van der Waals surface area contributed by atoms with E-state index in [-0.39, 0.29) is 6.04 Å². The molecule has 0 heterocycles. The van der Waals surface area contributed by atoms with E-state index in [9.17, 15) is 0 Å². The van der Waals surface area contributed by atoms with Crippen LogP contribution in [0.15, 0.2) is 127 Å². The van der Waals surface area contributed by atoms with Gasteiger partial charge in [0.25, 0.3) is 0 Å². The Morgan fingerprint density at radius 1 is 0.537 bits per heavy atom. The van der Waals surface area contributed by atoms with E-state index < -0.39 is 0 Å². The molecule has 0 aliphatic rings. The van der Waals surface area contributed by atoms with Crippen LogP contribution < -0.4 is 19.9 Å². The maximum Gasteiger partial charge on any atom is 0.165 e. The van der Waals surface area contributed by atoms with Crippen molar-refractivity contribution in [2.75, 3.05) is 0 Å². The van der Waals surface area contributed by atoms with Crippen LogP contribution in [0.5, 0.6) is 17.2 Å². The first kappa shape index (κ1) is 28.0. The number of aryl methyl sites for hydroxylation is 1. The molecule has 0 spiro atoms. The maximum absolute atomic E-state index is 6.53. The highest BCUT2D eigenvalue weighted by atomic mass is 16.5. The van der Waals surface area contributed by atoms with E-state index in [4.69, 9.17) is 19.9 Å². The molecule has 0 aliphatic carbocycles. The summed E-state index contributed by atoms with van der Waals surface area (Å²) in [5.74, 6) is 2.35. The third-order valence-corrected chi connectivity index (χ3v) is 7.02. The van der Waals surface area contributed by atoms with E-state index in [2.05, 4.69) is 54.6 Å². The van der Waals surface area contributed by atoms with Gasteiger partial charge in [-0.1, -0.05) is 109 Å². The van der Waals surface area contributed by atoms with E-state index in [0.29, 0.717) is 19.8 Å². The molecule has 41 heavy (non-hydrogen) atoms. The molecular weight excluding hydrogens is 506 g/mol. The second kappa shape index (κ2) is 14.2. The lowest BCUT2D eigenvalue weighted by Crippen LogP contribution is -2.12. The molecule has 0 radical (unpaired) electrons. The van der Waals surface area contributed by atoms with Crippen molar-refractivity contribution in [3.8, 4) is 17.2 Å². The molecule has 0 aromatic heterocycles. The minimum absolute atomic E-state index is 0.146. The monoisotopic (exact) mass is 543 g/mol. The molecule has 5 aromatic rings. The number of rotatable bonds is 13. The molecule has 1 unspecified atom stereocenters. The largest absolute Gasteiger partial charge is 0.489 e. The lowest BCUT2D eigenvalue weighted by molar-refractivity contribution is 0.253. The summed E-state index contributed by atoms with van der Waals surface area (Å²) in [7, 11) is 0. The van der Waals surface area contributed by atoms with E-state index >= 15 is 0 Å². The van der Waals surface area contributed by atoms with E-state index in [1.54, 1.807) is 0 Å². The van der Waals surface area contributed by atoms with Gasteiger partial charge >= 0.3 is 0 Å². The van der Waals surface area contributed by atoms with Crippen LogP contribution >= 0.6 is 0 Å². The zero-order chi connectivity index (χ0) is 28.3. The van der Waals surface area contributed by atoms with Crippen molar-refractivity contribution in [2.45, 2.75) is 45.6 Å². The predicted octanol–water partition coefficient (Wildman–Crippen LogP) is 8.23. The van der Waals surface area contributed by atoms with Gasteiger partial charge in [0.05, 0.1) is 0 Å². The van der Waals surface area contributed by atoms with Crippen molar-refractivity contribution >= 4 is 0 Å². The Hall–Kier alpha value is -4.54. The third-order valence-electron chi connectivity index (χ3n) is 7.02. The predicted molar refractivity (Wildman–Crippen MR) is 165 cm³/mol. The van der Waals surface area contributed by atoms with Gasteiger partial charge in [-0.2, -0.15) is 0 Å². The highest BCUT2D eigenvalue weighted by Crippen LogP contribution is 2.38. The highest BCUT2D eigenvalue weighted by molar-refractivity contribution is 5.52. The summed E-state index contributed by atoms with van der Waals surface area (Å²) in [6.45, 7) is 3.46. The van der Waals surface area contributed by atoms with Crippen molar-refractivity contribution in [2.24, 2.45) is 5.73 Å². The van der Waals surface area contributed by atoms with E-state index in [0.717, 1.165) is 57.9 Å². The first-order valence-electron chi connectivity index (χ1n) is 14.2. The fourth-order valence-electron chi connectivity index (χ4n) is 4.84. The first-order chi connectivity index (χ1) is 20.2. The maximum atomic E-state index is 6.53. The molecular formula is C37H37NO3. The molecule has 4 heteroatoms. The molecule has 4 nitrogen and oxygen atoms in total. The summed E-state index contributed by atoms with van der Waals surface area (Å²) >= 11 is 0. The molecule has 2 N–H and O–H groups in total. The summed E-state index contributed by atoms with van der Waals surface area (Å²) in [6, 6.07) is 42.8. The Labute approximate surface area is 243 Å². The molecule has 0 saturated heterocycles. The smallest absolute Gasteiger partial charge is 0.165 e. The number of ether oxygens (including phenoxy) is 3. The number of nitrogens with two attached hydrogens (primary N) is 1. The van der Waals surface area contributed by atoms with Gasteiger partial charge in [0.1, 0.15) is 25.6 Å². The molecule has 5 aromatic carbocycles. The minimum Gasteiger partial charge on any atom is -0.489 e. The molecule has 5 rings (SSSR count). The highest BCUT2D eigenvalue weighted by Gasteiger charge is 2.19. The van der Waals surface area contributed by atoms with Gasteiger partial charge in [-0.15, -0.1) is 0 Å². The van der Waals surface area contributed by atoms with E-state index in [1.165, 1.54) is 5.56 Å². The van der Waals surface area contributed by atoms with Crippen LogP contribution in [0.2, 0.25) is 0 Å². The molecule has 0 saturated carbocycles. The van der Waals surface area contributed by atoms with Gasteiger partial charge in [-0.3, -0.25) is 0 Å². The van der Waals surface area contributed by atoms with Gasteiger partial charge in [0.15, 0.2) is 11.5 Å². The standard InChI is InChI=1S/C37H37NO3/c1-28(38)34-22-23-36(40-26-31-14-7-3-8-15-31)37(41-27-32-16-9-4-10-17-32)35(34)21-20-29-18-11-19-33(24-29)39-25-30-12-5-2-6-13-30/h2-19,22-24,28H,20-21,25-27,38H2,1H3. The fraction of sp³-hybridized carbons (Fsp3) is 0.189. The number of hydrogen-bond donors (Lipinski definition) is 1. The Morgan fingerprint density at radius 2 is 1.07 bits per heavy atom. The van der Waals surface area contributed by atoms with Gasteiger partial charge in [-0.05, 0) is 65.8 Å². The first-order valence-corrected chi connectivity index (χ1v) is 14.2. The van der Waals surface area contributed by atoms with Crippen LogP contribution in [0, 0.1) is 0 Å². The normalized spacial score (nSPS) is 11.6. The summed E-state index contributed by atoms with van der Waals surface area (Å²) in [4.78, 5) is 0. The molecule has 0 fully saturated rings. The third kappa shape index (κ3) is 8.00. The molecule has 0 amide bonds. The van der Waals surface area contributed by atoms with Crippen LogP contribution in [0.25, 0.3) is 0 Å². The SMILES string of the molecule is CC(N)c1ccc(OCc2ccccc2)c(OCc2ccccc2)c1CCc1cccc(OCc2ccccc2)c1. The van der Waals surface area contributed by atoms with Gasteiger partial charge in [0, 0.05) is 11.6 Å². The molecule has 0 bridgehead atoms. The zero-order valence-electron chi connectivity index (χ0n) is 23.5. The second-order valence-electron chi connectivity index (χ2n) is 10.2. The molecule has 0 aliphatic heterocycles. The minimum atomic E-state index is -0.146. The quantitative estimate of drug-likeness (QED) is 0.163. The van der Waals surface area contributed by atoms with Gasteiger partial charge < -0.3 is 19.9 Å². The van der Waals surface area contributed by atoms with Crippen LogP contribution in [-0.4, -0.2) is 0 Å². The Bertz CT molecular complexity index is 1500. The Kier molecular flexibility index (Phi) is 9.70. The average Bonchev–Trinajstić information content (AvgIpc) is 3.02. The van der Waals surface area contributed by atoms with Gasteiger partial charge in [-0.25, -0.2) is 0 Å². The lowest BCUT2D eigenvalue weighted by Gasteiger charge is -2.21. The summed E-state index contributed by atoms with van der Waals surface area (Å²) in [5, 5.41) is 0. The molecule has 1 atom stereocenters. The number of hydrogen-bond acceptors (Lipinski definition) is 4. The van der Waals surface area contributed by atoms with Crippen LogP contribution in [0.3, 0.4) is 0 Å². The van der Waals surface area contributed by atoms with Crippen LogP contribution in [0.4, 0.5) is 0 Å². The molecule has 208 valence electrons. The van der Waals surface area contributed by atoms with Crippen molar-refractivity contribution in [1.29, 1.82) is 0 Å². The van der Waals surface area contributed by atoms with Crippen molar-refractivity contribution in [1.82, 2.24) is 0 Å². The summed E-state index contributed by atoms with van der Waals surface area (Å²) in [5.41, 5.74) is 13.2. The van der Waals surface area contributed by atoms with Gasteiger partial charge in [0.2, 0.25) is 0 Å². The lowest BCUT2D eigenvalue weighted by atomic mass is 9.94. The van der Waals surface area contributed by atoms with Crippen molar-refractivity contribution in [3.05, 3.63) is 161 Å². The number of benzene rings is 5. The fourth-order valence-corrected chi connectivity index (χ4v) is 4.84. The van der Waals surface area contributed by atoms with Crippen LogP contribution in [-0.2, 0) is 32.7 Å². The second-order valence-corrected chi connectivity index (χ2v) is 10.2. The Balaban J connectivity index is 1.38. The average molecular weight is 544 g/mol. The summed E-state index contributed by atoms with van der Waals surface area (Å²) in [6.07, 6.45) is 1.57. The van der Waals surface area contributed by atoms with Crippen LogP contribution in [0.1, 0.15) is 46.3 Å². The summed E-state index contributed by atoms with van der Waals surface area (Å²) < 4.78 is 19.0. The topological polar surface area (TPSA) is 53.7 Å². The van der Waals surface area contributed by atoms with E-state index in [1.807, 2.05) is 79.7 Å². The Morgan fingerprint density at radius 3 is 1.66 bits per heavy atom. The van der Waals surface area contributed by atoms with Crippen molar-refractivity contribution < 1.29 is 14.2 Å².